The van der Waals surface area contributed by atoms with E-state index >= 15 is 0 Å². The standard InChI is InChI=1S/C10H21N3O/c1-7(9(11)14)12-8-5-10(2,3)13(4)6-8/h7-8,12H,5-6H2,1-4H3,(H2,11,14). The fourth-order valence-electron chi connectivity index (χ4n) is 1.95. The van der Waals surface area contributed by atoms with Crippen LogP contribution in [0.5, 0.6) is 0 Å². The van der Waals surface area contributed by atoms with Gasteiger partial charge >= 0.3 is 0 Å². The van der Waals surface area contributed by atoms with Gasteiger partial charge in [0.1, 0.15) is 0 Å². The summed E-state index contributed by atoms with van der Waals surface area (Å²) >= 11 is 0. The van der Waals surface area contributed by atoms with Gasteiger partial charge in [0.15, 0.2) is 0 Å². The first-order chi connectivity index (χ1) is 6.33. The molecule has 1 heterocycles. The van der Waals surface area contributed by atoms with Crippen LogP contribution in [0, 0.1) is 0 Å². The van der Waals surface area contributed by atoms with Gasteiger partial charge in [0, 0.05) is 18.1 Å². The van der Waals surface area contributed by atoms with Gasteiger partial charge in [0.25, 0.3) is 0 Å². The van der Waals surface area contributed by atoms with Crippen molar-refractivity contribution in [3.8, 4) is 0 Å². The molecule has 0 aromatic rings. The summed E-state index contributed by atoms with van der Waals surface area (Å²) < 4.78 is 0. The summed E-state index contributed by atoms with van der Waals surface area (Å²) in [5.41, 5.74) is 5.42. The summed E-state index contributed by atoms with van der Waals surface area (Å²) in [5.74, 6) is -0.280. The Labute approximate surface area is 85.8 Å². The lowest BCUT2D eigenvalue weighted by atomic mass is 10.0. The van der Waals surface area contributed by atoms with Crippen molar-refractivity contribution >= 4 is 5.91 Å². The first-order valence-corrected chi connectivity index (χ1v) is 5.09. The van der Waals surface area contributed by atoms with Gasteiger partial charge in [-0.15, -0.1) is 0 Å². The van der Waals surface area contributed by atoms with E-state index in [-0.39, 0.29) is 17.5 Å². The lowest BCUT2D eigenvalue weighted by Gasteiger charge is -2.26. The Morgan fingerprint density at radius 1 is 1.64 bits per heavy atom. The van der Waals surface area contributed by atoms with E-state index in [0.29, 0.717) is 6.04 Å². The number of likely N-dealkylation sites (tertiary alicyclic amines) is 1. The first kappa shape index (κ1) is 11.5. The molecule has 1 saturated heterocycles. The van der Waals surface area contributed by atoms with Crippen molar-refractivity contribution in [2.24, 2.45) is 5.73 Å². The van der Waals surface area contributed by atoms with E-state index in [0.717, 1.165) is 13.0 Å². The van der Waals surface area contributed by atoms with Gasteiger partial charge in [-0.25, -0.2) is 0 Å². The zero-order chi connectivity index (χ0) is 10.9. The van der Waals surface area contributed by atoms with Gasteiger partial charge in [-0.2, -0.15) is 0 Å². The Hall–Kier alpha value is -0.610. The van der Waals surface area contributed by atoms with Crippen molar-refractivity contribution in [1.82, 2.24) is 10.2 Å². The third kappa shape index (κ3) is 2.45. The summed E-state index contributed by atoms with van der Waals surface area (Å²) in [6.07, 6.45) is 1.06. The zero-order valence-corrected chi connectivity index (χ0v) is 9.50. The highest BCUT2D eigenvalue weighted by atomic mass is 16.1. The minimum Gasteiger partial charge on any atom is -0.368 e. The average Bonchev–Trinajstić information content (AvgIpc) is 2.25. The fourth-order valence-corrected chi connectivity index (χ4v) is 1.95. The minimum absolute atomic E-state index is 0.217. The van der Waals surface area contributed by atoms with Crippen LogP contribution < -0.4 is 11.1 Å². The van der Waals surface area contributed by atoms with Crippen LogP contribution in [0.1, 0.15) is 27.2 Å². The summed E-state index contributed by atoms with van der Waals surface area (Å²) in [6.45, 7) is 7.21. The molecule has 0 aliphatic carbocycles. The van der Waals surface area contributed by atoms with Crippen molar-refractivity contribution in [3.63, 3.8) is 0 Å². The number of carbonyl (C=O) groups excluding carboxylic acids is 1. The minimum atomic E-state index is -0.280. The molecule has 3 N–H and O–H groups in total. The highest BCUT2D eigenvalue weighted by Crippen LogP contribution is 2.26. The second-order valence-electron chi connectivity index (χ2n) is 4.88. The maximum atomic E-state index is 10.9. The average molecular weight is 199 g/mol. The van der Waals surface area contributed by atoms with E-state index < -0.39 is 0 Å². The third-order valence-corrected chi connectivity index (χ3v) is 3.19. The van der Waals surface area contributed by atoms with E-state index in [9.17, 15) is 4.79 Å². The SMILES string of the molecule is CC(NC1CN(C)C(C)(C)C1)C(N)=O. The molecule has 0 aromatic carbocycles. The van der Waals surface area contributed by atoms with Crippen LogP contribution in [-0.2, 0) is 4.79 Å². The molecule has 4 heteroatoms. The third-order valence-electron chi connectivity index (χ3n) is 3.19. The predicted octanol–water partition coefficient (Wildman–Crippen LogP) is -0.0675. The number of primary amides is 1. The number of nitrogens with zero attached hydrogens (tertiary/aromatic N) is 1. The number of rotatable bonds is 3. The molecule has 1 aliphatic heterocycles. The van der Waals surface area contributed by atoms with E-state index in [4.69, 9.17) is 5.73 Å². The highest BCUT2D eigenvalue weighted by molar-refractivity contribution is 5.79. The van der Waals surface area contributed by atoms with Crippen molar-refractivity contribution in [1.29, 1.82) is 0 Å². The van der Waals surface area contributed by atoms with Gasteiger partial charge in [-0.1, -0.05) is 0 Å². The van der Waals surface area contributed by atoms with Crippen LogP contribution in [-0.4, -0.2) is 42.0 Å². The number of likely N-dealkylation sites (N-methyl/N-ethyl adjacent to an activating group) is 1. The largest absolute Gasteiger partial charge is 0.368 e. The molecule has 82 valence electrons. The summed E-state index contributed by atoms with van der Waals surface area (Å²) in [4.78, 5) is 13.2. The van der Waals surface area contributed by atoms with Crippen molar-refractivity contribution in [3.05, 3.63) is 0 Å². The van der Waals surface area contributed by atoms with Gasteiger partial charge in [0.05, 0.1) is 6.04 Å². The molecule has 1 rings (SSSR count). The molecule has 1 aliphatic rings. The molecule has 14 heavy (non-hydrogen) atoms. The number of amides is 1. The molecule has 1 fully saturated rings. The smallest absolute Gasteiger partial charge is 0.234 e. The van der Waals surface area contributed by atoms with E-state index in [1.165, 1.54) is 0 Å². The van der Waals surface area contributed by atoms with Gasteiger partial charge in [-0.3, -0.25) is 9.69 Å². The quantitative estimate of drug-likeness (QED) is 0.669. The second kappa shape index (κ2) is 3.87. The molecule has 2 unspecified atom stereocenters. The van der Waals surface area contributed by atoms with Crippen molar-refractivity contribution in [2.75, 3.05) is 13.6 Å². The molecule has 2 atom stereocenters. The van der Waals surface area contributed by atoms with Crippen molar-refractivity contribution < 1.29 is 4.79 Å². The van der Waals surface area contributed by atoms with Crippen LogP contribution in [0.3, 0.4) is 0 Å². The van der Waals surface area contributed by atoms with E-state index in [2.05, 4.69) is 31.1 Å². The Morgan fingerprint density at radius 3 is 2.57 bits per heavy atom. The number of nitrogens with two attached hydrogens (primary N) is 1. The molecule has 0 spiro atoms. The van der Waals surface area contributed by atoms with Crippen LogP contribution in [0.15, 0.2) is 0 Å². The number of nitrogens with one attached hydrogen (secondary N) is 1. The number of hydrogen-bond acceptors (Lipinski definition) is 3. The van der Waals surface area contributed by atoms with Crippen LogP contribution >= 0.6 is 0 Å². The maximum Gasteiger partial charge on any atom is 0.234 e. The summed E-state index contributed by atoms with van der Waals surface area (Å²) in [7, 11) is 2.11. The van der Waals surface area contributed by atoms with E-state index in [1.807, 2.05) is 6.92 Å². The van der Waals surface area contributed by atoms with Gasteiger partial charge in [-0.05, 0) is 34.2 Å². The Bertz CT molecular complexity index is 227. The predicted molar refractivity (Wildman–Crippen MR) is 56.9 cm³/mol. The Morgan fingerprint density at radius 2 is 2.21 bits per heavy atom. The second-order valence-corrected chi connectivity index (χ2v) is 4.88. The van der Waals surface area contributed by atoms with Crippen LogP contribution in [0.4, 0.5) is 0 Å². The maximum absolute atomic E-state index is 10.9. The van der Waals surface area contributed by atoms with Gasteiger partial charge in [0.2, 0.25) is 5.91 Å². The lowest BCUT2D eigenvalue weighted by Crippen LogP contribution is -2.45. The number of hydrogen-bond donors (Lipinski definition) is 2. The lowest BCUT2D eigenvalue weighted by molar-refractivity contribution is -0.119. The summed E-state index contributed by atoms with van der Waals surface area (Å²) in [6, 6.07) is 0.139. The van der Waals surface area contributed by atoms with E-state index in [1.54, 1.807) is 0 Å². The number of carbonyl (C=O) groups is 1. The topological polar surface area (TPSA) is 58.4 Å². The fraction of sp³-hybridized carbons (Fsp3) is 0.900. The molecule has 4 nitrogen and oxygen atoms in total. The van der Waals surface area contributed by atoms with Crippen LogP contribution in [0.2, 0.25) is 0 Å². The van der Waals surface area contributed by atoms with Gasteiger partial charge < -0.3 is 11.1 Å². The molecule has 0 bridgehead atoms. The normalized spacial score (nSPS) is 29.0. The molecular weight excluding hydrogens is 178 g/mol. The molecule has 0 radical (unpaired) electrons. The van der Waals surface area contributed by atoms with Crippen molar-refractivity contribution in [2.45, 2.75) is 44.8 Å². The Kier molecular flexibility index (Phi) is 3.17. The molecule has 0 saturated carbocycles. The molecular formula is C10H21N3O. The first-order valence-electron chi connectivity index (χ1n) is 5.09. The van der Waals surface area contributed by atoms with Crippen LogP contribution in [0.25, 0.3) is 0 Å². The highest BCUT2D eigenvalue weighted by Gasteiger charge is 2.36. The molecule has 0 aromatic heterocycles. The Balaban J connectivity index is 2.47. The molecule has 1 amide bonds. The zero-order valence-electron chi connectivity index (χ0n) is 9.50. The summed E-state index contributed by atoms with van der Waals surface area (Å²) in [5, 5.41) is 3.25. The monoisotopic (exact) mass is 199 g/mol.